The van der Waals surface area contributed by atoms with Gasteiger partial charge in [-0.3, -0.25) is 0 Å². The Labute approximate surface area is 132 Å². The van der Waals surface area contributed by atoms with Crippen LogP contribution >= 0.6 is 0 Å². The number of aliphatic hydroxyl groups excluding tert-OH is 1. The first kappa shape index (κ1) is 16.6. The highest BCUT2D eigenvalue weighted by atomic mass is 16.3. The Morgan fingerprint density at radius 2 is 2.05 bits per heavy atom. The van der Waals surface area contributed by atoms with E-state index in [2.05, 4.69) is 29.3 Å². The molecule has 0 bridgehead atoms. The maximum atomic E-state index is 12.1. The van der Waals surface area contributed by atoms with Gasteiger partial charge in [0.1, 0.15) is 0 Å². The summed E-state index contributed by atoms with van der Waals surface area (Å²) in [6.07, 6.45) is 1.76. The maximum absolute atomic E-state index is 12.1. The Bertz CT molecular complexity index is 527. The molecule has 1 aliphatic rings. The van der Waals surface area contributed by atoms with Gasteiger partial charge in [-0.05, 0) is 48.9 Å². The second-order valence-corrected chi connectivity index (χ2v) is 6.45. The second kappa shape index (κ2) is 7.01. The van der Waals surface area contributed by atoms with E-state index in [0.717, 1.165) is 29.7 Å². The summed E-state index contributed by atoms with van der Waals surface area (Å²) < 4.78 is 0. The first-order chi connectivity index (χ1) is 10.4. The first-order valence-electron chi connectivity index (χ1n) is 7.82. The van der Waals surface area contributed by atoms with Gasteiger partial charge in [-0.2, -0.15) is 0 Å². The van der Waals surface area contributed by atoms with Crippen molar-refractivity contribution in [2.24, 2.45) is 5.92 Å². The molecular weight excluding hydrogens is 278 g/mol. The molecule has 122 valence electrons. The summed E-state index contributed by atoms with van der Waals surface area (Å²) in [6.45, 7) is 2.95. The second-order valence-electron chi connectivity index (χ2n) is 6.45. The lowest BCUT2D eigenvalue weighted by atomic mass is 10.1. The highest BCUT2D eigenvalue weighted by Crippen LogP contribution is 2.32. The standard InChI is InChI=1S/C17H27N3O2/c1-12-9-15(19(2)3)8-7-14(12)10-18-17(22)20(4)11-16(21)13-5-6-13/h7-9,13,16,21H,5-6,10-11H2,1-4H3,(H,18,22). The van der Waals surface area contributed by atoms with Crippen LogP contribution in [0.1, 0.15) is 24.0 Å². The fourth-order valence-electron chi connectivity index (χ4n) is 2.46. The summed E-state index contributed by atoms with van der Waals surface area (Å²) in [5.74, 6) is 0.385. The van der Waals surface area contributed by atoms with E-state index in [-0.39, 0.29) is 6.03 Å². The molecule has 1 aromatic carbocycles. The zero-order valence-corrected chi connectivity index (χ0v) is 14.0. The Morgan fingerprint density at radius 1 is 1.36 bits per heavy atom. The monoisotopic (exact) mass is 305 g/mol. The molecule has 1 aromatic rings. The molecule has 0 aromatic heterocycles. The number of rotatable bonds is 6. The van der Waals surface area contributed by atoms with Gasteiger partial charge in [0.25, 0.3) is 0 Å². The molecule has 5 heteroatoms. The topological polar surface area (TPSA) is 55.8 Å². The molecule has 0 spiro atoms. The predicted molar refractivity (Wildman–Crippen MR) is 89.1 cm³/mol. The van der Waals surface area contributed by atoms with Crippen molar-refractivity contribution in [1.82, 2.24) is 10.2 Å². The lowest BCUT2D eigenvalue weighted by Gasteiger charge is -2.21. The molecule has 1 atom stereocenters. The molecule has 5 nitrogen and oxygen atoms in total. The molecule has 1 fully saturated rings. The average molecular weight is 305 g/mol. The van der Waals surface area contributed by atoms with E-state index in [1.54, 1.807) is 11.9 Å². The number of carbonyl (C=O) groups is 1. The summed E-state index contributed by atoms with van der Waals surface area (Å²) in [5.41, 5.74) is 3.42. The lowest BCUT2D eigenvalue weighted by Crippen LogP contribution is -2.41. The highest BCUT2D eigenvalue weighted by molar-refractivity contribution is 5.74. The summed E-state index contributed by atoms with van der Waals surface area (Å²) in [6, 6.07) is 6.07. The third-order valence-electron chi connectivity index (χ3n) is 4.25. The minimum atomic E-state index is -0.392. The zero-order valence-electron chi connectivity index (χ0n) is 14.0. The normalized spacial score (nSPS) is 15.3. The van der Waals surface area contributed by atoms with Gasteiger partial charge in [0, 0.05) is 39.9 Å². The van der Waals surface area contributed by atoms with E-state index in [4.69, 9.17) is 0 Å². The van der Waals surface area contributed by atoms with Crippen LogP contribution in [-0.4, -0.2) is 49.8 Å². The van der Waals surface area contributed by atoms with Gasteiger partial charge in [0.05, 0.1) is 6.10 Å². The van der Waals surface area contributed by atoms with Crippen LogP contribution < -0.4 is 10.2 Å². The predicted octanol–water partition coefficient (Wildman–Crippen LogP) is 1.97. The SMILES string of the molecule is Cc1cc(N(C)C)ccc1CNC(=O)N(C)CC(O)C1CC1. The van der Waals surface area contributed by atoms with Crippen molar-refractivity contribution >= 4 is 11.7 Å². The number of nitrogens with zero attached hydrogens (tertiary/aromatic N) is 2. The van der Waals surface area contributed by atoms with E-state index in [9.17, 15) is 9.90 Å². The van der Waals surface area contributed by atoms with Gasteiger partial charge in [0.15, 0.2) is 0 Å². The molecule has 2 N–H and O–H groups in total. The van der Waals surface area contributed by atoms with Gasteiger partial charge in [-0.1, -0.05) is 6.07 Å². The average Bonchev–Trinajstić information content (AvgIpc) is 3.29. The number of likely N-dealkylation sites (N-methyl/N-ethyl adjacent to an activating group) is 1. The number of aryl methyl sites for hydroxylation is 1. The summed E-state index contributed by atoms with van der Waals surface area (Å²) in [5, 5.41) is 12.8. The van der Waals surface area contributed by atoms with Crippen LogP contribution in [0.15, 0.2) is 18.2 Å². The Kier molecular flexibility index (Phi) is 5.29. The number of hydrogen-bond acceptors (Lipinski definition) is 3. The zero-order chi connectivity index (χ0) is 16.3. The molecular formula is C17H27N3O2. The highest BCUT2D eigenvalue weighted by Gasteiger charge is 2.31. The molecule has 1 aliphatic carbocycles. The van der Waals surface area contributed by atoms with Crippen molar-refractivity contribution in [2.75, 3.05) is 32.6 Å². The smallest absolute Gasteiger partial charge is 0.317 e. The van der Waals surface area contributed by atoms with Crippen LogP contribution in [0.3, 0.4) is 0 Å². The van der Waals surface area contributed by atoms with Gasteiger partial charge in [-0.15, -0.1) is 0 Å². The van der Waals surface area contributed by atoms with E-state index in [0.29, 0.717) is 19.0 Å². The van der Waals surface area contributed by atoms with Crippen molar-refractivity contribution in [3.63, 3.8) is 0 Å². The molecule has 22 heavy (non-hydrogen) atoms. The van der Waals surface area contributed by atoms with Gasteiger partial charge >= 0.3 is 6.03 Å². The third kappa shape index (κ3) is 4.37. The quantitative estimate of drug-likeness (QED) is 0.845. The number of hydrogen-bond donors (Lipinski definition) is 2. The van der Waals surface area contributed by atoms with Crippen molar-refractivity contribution < 1.29 is 9.90 Å². The summed E-state index contributed by atoms with van der Waals surface area (Å²) in [4.78, 5) is 15.7. The van der Waals surface area contributed by atoms with E-state index in [1.807, 2.05) is 20.2 Å². The van der Waals surface area contributed by atoms with Gasteiger partial charge < -0.3 is 20.2 Å². The number of benzene rings is 1. The summed E-state index contributed by atoms with van der Waals surface area (Å²) >= 11 is 0. The number of aliphatic hydroxyl groups is 1. The van der Waals surface area contributed by atoms with E-state index >= 15 is 0 Å². The fourth-order valence-corrected chi connectivity index (χ4v) is 2.46. The first-order valence-corrected chi connectivity index (χ1v) is 7.82. The molecule has 2 rings (SSSR count). The molecule has 0 heterocycles. The molecule has 2 amide bonds. The molecule has 0 aliphatic heterocycles. The van der Waals surface area contributed by atoms with Crippen molar-refractivity contribution in [3.05, 3.63) is 29.3 Å². The maximum Gasteiger partial charge on any atom is 0.317 e. The van der Waals surface area contributed by atoms with E-state index < -0.39 is 6.10 Å². The van der Waals surface area contributed by atoms with Crippen molar-refractivity contribution in [2.45, 2.75) is 32.4 Å². The van der Waals surface area contributed by atoms with Gasteiger partial charge in [0.2, 0.25) is 0 Å². The van der Waals surface area contributed by atoms with Crippen LogP contribution in [0.25, 0.3) is 0 Å². The Morgan fingerprint density at radius 3 is 2.59 bits per heavy atom. The van der Waals surface area contributed by atoms with Crippen LogP contribution in [0, 0.1) is 12.8 Å². The minimum Gasteiger partial charge on any atom is -0.391 e. The van der Waals surface area contributed by atoms with Crippen LogP contribution in [0.5, 0.6) is 0 Å². The molecule has 0 saturated heterocycles. The minimum absolute atomic E-state index is 0.143. The Balaban J connectivity index is 1.84. The summed E-state index contributed by atoms with van der Waals surface area (Å²) in [7, 11) is 5.75. The van der Waals surface area contributed by atoms with Crippen molar-refractivity contribution in [3.8, 4) is 0 Å². The number of amides is 2. The number of nitrogens with one attached hydrogen (secondary N) is 1. The van der Waals surface area contributed by atoms with Gasteiger partial charge in [-0.25, -0.2) is 4.79 Å². The fraction of sp³-hybridized carbons (Fsp3) is 0.588. The third-order valence-corrected chi connectivity index (χ3v) is 4.25. The number of carbonyl (C=O) groups excluding carboxylic acids is 1. The Hall–Kier alpha value is -1.75. The molecule has 0 radical (unpaired) electrons. The molecule has 1 saturated carbocycles. The van der Waals surface area contributed by atoms with Crippen LogP contribution in [-0.2, 0) is 6.54 Å². The number of anilines is 1. The lowest BCUT2D eigenvalue weighted by molar-refractivity contribution is 0.113. The largest absolute Gasteiger partial charge is 0.391 e. The molecule has 1 unspecified atom stereocenters. The van der Waals surface area contributed by atoms with Crippen molar-refractivity contribution in [1.29, 1.82) is 0 Å². The number of urea groups is 1. The van der Waals surface area contributed by atoms with Crippen LogP contribution in [0.4, 0.5) is 10.5 Å². The van der Waals surface area contributed by atoms with Crippen LogP contribution in [0.2, 0.25) is 0 Å². The van der Waals surface area contributed by atoms with E-state index in [1.165, 1.54) is 0 Å².